The Hall–Kier alpha value is -4.10. The summed E-state index contributed by atoms with van der Waals surface area (Å²) in [5.74, 6) is 0. The number of thiophene rings is 2. The summed E-state index contributed by atoms with van der Waals surface area (Å²) < 4.78 is 11.0. The van der Waals surface area contributed by atoms with Crippen LogP contribution >= 0.6 is 22.7 Å². The number of nitrogens with zero attached hydrogens (tertiary/aromatic N) is 5. The van der Waals surface area contributed by atoms with E-state index in [1.807, 2.05) is 74.0 Å². The van der Waals surface area contributed by atoms with Crippen LogP contribution in [0.25, 0.3) is 0 Å². The van der Waals surface area contributed by atoms with Crippen molar-refractivity contribution in [3.05, 3.63) is 104 Å². The average Bonchev–Trinajstić information content (AvgIpc) is 3.91. The highest BCUT2D eigenvalue weighted by atomic mass is 32.1. The molecule has 2 aliphatic heterocycles. The molecule has 4 heterocycles. The molecule has 6 rings (SSSR count). The number of carbonyl (C=O) groups is 2. The van der Waals surface area contributed by atoms with E-state index >= 15 is 0 Å². The zero-order valence-electron chi connectivity index (χ0n) is 35.2. The molecule has 0 saturated carbocycles. The maximum absolute atomic E-state index is 12.3. The lowest BCUT2D eigenvalue weighted by atomic mass is 10.1. The van der Waals surface area contributed by atoms with Gasteiger partial charge in [0.25, 0.3) is 0 Å². The van der Waals surface area contributed by atoms with Crippen LogP contribution in [0.2, 0.25) is 0 Å². The number of likely N-dealkylation sites (N-methyl/N-ethyl adjacent to an activating group) is 1. The van der Waals surface area contributed by atoms with Crippen molar-refractivity contribution in [3.8, 4) is 0 Å². The van der Waals surface area contributed by atoms with Crippen LogP contribution < -0.4 is 15.1 Å². The maximum Gasteiger partial charge on any atom is 0.410 e. The summed E-state index contributed by atoms with van der Waals surface area (Å²) in [7, 11) is 2.19. The van der Waals surface area contributed by atoms with Crippen LogP contribution in [0.5, 0.6) is 0 Å². The molecular weight excluding hydrogens is 753 g/mol. The molecule has 4 aromatic rings. The molecule has 0 unspecified atom stereocenters. The van der Waals surface area contributed by atoms with Gasteiger partial charge in [0, 0.05) is 99.7 Å². The molecule has 0 bridgehead atoms. The van der Waals surface area contributed by atoms with Crippen molar-refractivity contribution < 1.29 is 19.1 Å². The van der Waals surface area contributed by atoms with Gasteiger partial charge in [0.05, 0.1) is 0 Å². The van der Waals surface area contributed by atoms with Crippen LogP contribution in [-0.2, 0) is 35.4 Å². The normalized spacial score (nSPS) is 15.0. The molecule has 1 N–H and O–H groups in total. The summed E-state index contributed by atoms with van der Waals surface area (Å²) in [4.78, 5) is 38.2. The number of hydrogen-bond acceptors (Lipinski definition) is 10. The minimum absolute atomic E-state index is 0.209. The zero-order valence-corrected chi connectivity index (χ0v) is 36.8. The van der Waals surface area contributed by atoms with Gasteiger partial charge in [-0.25, -0.2) is 9.59 Å². The SMILES string of the molecule is CC(C)(C)OC(=O)N1CCN(c2ccccc2CNCCc2cccs2)CC1.CN(CCc1cccs1)Cc1ccccc1N1CCN(C(=O)OC(C)(C)C)CC1. The van der Waals surface area contributed by atoms with Gasteiger partial charge >= 0.3 is 12.2 Å². The molecular formula is C45H64N6O4S2. The molecule has 2 aromatic carbocycles. The fourth-order valence-electron chi connectivity index (χ4n) is 6.85. The van der Waals surface area contributed by atoms with Gasteiger partial charge in [-0.1, -0.05) is 48.5 Å². The molecule has 0 radical (unpaired) electrons. The van der Waals surface area contributed by atoms with E-state index in [1.54, 1.807) is 0 Å². The van der Waals surface area contributed by atoms with Crippen molar-refractivity contribution in [2.45, 2.75) is 78.7 Å². The summed E-state index contributed by atoms with van der Waals surface area (Å²) in [5, 5.41) is 7.83. The number of amides is 2. The minimum Gasteiger partial charge on any atom is -0.444 e. The van der Waals surface area contributed by atoms with Crippen LogP contribution in [0, 0.1) is 0 Å². The summed E-state index contributed by atoms with van der Waals surface area (Å²) in [6.07, 6.45) is 1.73. The predicted octanol–water partition coefficient (Wildman–Crippen LogP) is 8.62. The topological polar surface area (TPSA) is 80.8 Å². The quantitative estimate of drug-likeness (QED) is 0.143. The Morgan fingerprint density at radius 1 is 0.632 bits per heavy atom. The monoisotopic (exact) mass is 816 g/mol. The number of anilines is 2. The molecule has 2 aliphatic rings. The van der Waals surface area contributed by atoms with Crippen molar-refractivity contribution in [1.82, 2.24) is 20.0 Å². The number of ether oxygens (including phenoxy) is 2. The van der Waals surface area contributed by atoms with Crippen molar-refractivity contribution in [3.63, 3.8) is 0 Å². The summed E-state index contributed by atoms with van der Waals surface area (Å²) in [5.41, 5.74) is 4.28. The van der Waals surface area contributed by atoms with Crippen molar-refractivity contribution in [1.29, 1.82) is 0 Å². The smallest absolute Gasteiger partial charge is 0.410 e. The molecule has 310 valence electrons. The largest absolute Gasteiger partial charge is 0.444 e. The standard InChI is InChI=1S/C23H33N3O2S.C22H31N3O2S/c1-23(2,3)28-22(27)26-15-13-25(14-16-26)21-10-6-5-8-19(21)18-24(4)12-11-20-9-7-17-29-20;1-22(2,3)27-21(26)25-14-12-24(13-15-25)20-9-5-4-7-18(20)17-23-11-10-19-8-6-16-28-19/h5-10,17H,11-16,18H2,1-4H3;4-9,16,23H,10-15,17H2,1-3H3. The molecule has 0 spiro atoms. The second-order valence-corrected chi connectivity index (χ2v) is 18.8. The molecule has 10 nitrogen and oxygen atoms in total. The zero-order chi connectivity index (χ0) is 40.8. The number of hydrogen-bond donors (Lipinski definition) is 1. The lowest BCUT2D eigenvalue weighted by Crippen LogP contribution is -2.50. The third-order valence-corrected chi connectivity index (χ3v) is 11.6. The number of para-hydroxylation sites is 2. The van der Waals surface area contributed by atoms with Crippen LogP contribution in [0.15, 0.2) is 83.6 Å². The van der Waals surface area contributed by atoms with E-state index in [4.69, 9.17) is 9.47 Å². The highest BCUT2D eigenvalue weighted by molar-refractivity contribution is 7.10. The van der Waals surface area contributed by atoms with Crippen molar-refractivity contribution in [2.75, 3.05) is 82.3 Å². The van der Waals surface area contributed by atoms with Crippen LogP contribution in [-0.4, -0.2) is 111 Å². The molecule has 2 aromatic heterocycles. The third kappa shape index (κ3) is 14.7. The molecule has 0 aliphatic carbocycles. The highest BCUT2D eigenvalue weighted by Gasteiger charge is 2.28. The van der Waals surface area contributed by atoms with E-state index in [-0.39, 0.29) is 12.2 Å². The Morgan fingerprint density at radius 3 is 1.56 bits per heavy atom. The molecule has 2 amide bonds. The highest BCUT2D eigenvalue weighted by Crippen LogP contribution is 2.25. The number of rotatable bonds is 12. The second kappa shape index (κ2) is 21.1. The molecule has 2 fully saturated rings. The summed E-state index contributed by atoms with van der Waals surface area (Å²) in [6.45, 7) is 21.3. The van der Waals surface area contributed by atoms with Gasteiger partial charge in [-0.15, -0.1) is 22.7 Å². The maximum atomic E-state index is 12.3. The molecule has 2 saturated heterocycles. The Balaban J connectivity index is 0.000000218. The first kappa shape index (κ1) is 44.0. The van der Waals surface area contributed by atoms with Gasteiger partial charge < -0.3 is 39.3 Å². The Bertz CT molecular complexity index is 1790. The van der Waals surface area contributed by atoms with E-state index in [0.717, 1.165) is 65.2 Å². The summed E-state index contributed by atoms with van der Waals surface area (Å²) >= 11 is 3.64. The number of nitrogens with one attached hydrogen (secondary N) is 1. The fraction of sp³-hybridized carbons (Fsp3) is 0.511. The van der Waals surface area contributed by atoms with E-state index in [9.17, 15) is 9.59 Å². The van der Waals surface area contributed by atoms with Gasteiger partial charge in [-0.05, 0) is 108 Å². The van der Waals surface area contributed by atoms with Crippen LogP contribution in [0.4, 0.5) is 21.0 Å². The third-order valence-electron chi connectivity index (χ3n) is 9.73. The number of piperazine rings is 2. The van der Waals surface area contributed by atoms with Crippen molar-refractivity contribution >= 4 is 46.2 Å². The van der Waals surface area contributed by atoms with E-state index in [1.165, 1.54) is 32.3 Å². The lowest BCUT2D eigenvalue weighted by Gasteiger charge is -2.37. The van der Waals surface area contributed by atoms with E-state index < -0.39 is 11.2 Å². The average molecular weight is 817 g/mol. The first-order valence-electron chi connectivity index (χ1n) is 20.3. The van der Waals surface area contributed by atoms with Gasteiger partial charge in [-0.2, -0.15) is 0 Å². The first-order chi connectivity index (χ1) is 27.2. The van der Waals surface area contributed by atoms with Crippen molar-refractivity contribution in [2.24, 2.45) is 0 Å². The van der Waals surface area contributed by atoms with Gasteiger partial charge in [0.1, 0.15) is 11.2 Å². The lowest BCUT2D eigenvalue weighted by molar-refractivity contribution is 0.0230. The van der Waals surface area contributed by atoms with Crippen LogP contribution in [0.3, 0.4) is 0 Å². The number of carbonyl (C=O) groups excluding carboxylic acids is 2. The first-order valence-corrected chi connectivity index (χ1v) is 22.1. The fourth-order valence-corrected chi connectivity index (χ4v) is 8.26. The van der Waals surface area contributed by atoms with Gasteiger partial charge in [-0.3, -0.25) is 0 Å². The van der Waals surface area contributed by atoms with E-state index in [0.29, 0.717) is 26.2 Å². The molecule has 0 atom stereocenters. The molecule has 12 heteroatoms. The summed E-state index contributed by atoms with van der Waals surface area (Å²) in [6, 6.07) is 25.8. The van der Waals surface area contributed by atoms with E-state index in [2.05, 4.69) is 111 Å². The van der Waals surface area contributed by atoms with Gasteiger partial charge in [0.2, 0.25) is 0 Å². The van der Waals surface area contributed by atoms with Gasteiger partial charge in [0.15, 0.2) is 0 Å². The Morgan fingerprint density at radius 2 is 1.09 bits per heavy atom. The minimum atomic E-state index is -0.450. The Labute approximate surface area is 349 Å². The molecule has 57 heavy (non-hydrogen) atoms. The second-order valence-electron chi connectivity index (χ2n) is 16.7. The number of benzene rings is 2. The predicted molar refractivity (Wildman–Crippen MR) is 237 cm³/mol. The van der Waals surface area contributed by atoms with Crippen LogP contribution in [0.1, 0.15) is 62.4 Å². The Kier molecular flexibility index (Phi) is 16.3.